The Hall–Kier alpha value is -3.85. The van der Waals surface area contributed by atoms with Gasteiger partial charge >= 0.3 is 0 Å². The first-order valence-electron chi connectivity index (χ1n) is 14.8. The number of benzene rings is 2. The van der Waals surface area contributed by atoms with E-state index in [1.807, 2.05) is 11.9 Å². The topological polar surface area (TPSA) is 148 Å². The van der Waals surface area contributed by atoms with Crippen LogP contribution in [-0.4, -0.2) is 95.6 Å². The second kappa shape index (κ2) is 13.6. The third kappa shape index (κ3) is 7.19. The van der Waals surface area contributed by atoms with Crippen LogP contribution in [0.4, 0.5) is 25.8 Å². The van der Waals surface area contributed by atoms with Gasteiger partial charge in [0, 0.05) is 63.0 Å². The number of amides is 2. The number of anilines is 3. The quantitative estimate of drug-likeness (QED) is 0.299. The lowest BCUT2D eigenvalue weighted by molar-refractivity contribution is -0.0321. The molecule has 2 saturated heterocycles. The molecule has 5 N–H and O–H groups in total. The lowest BCUT2D eigenvalue weighted by Gasteiger charge is -2.40. The molecule has 2 unspecified atom stereocenters. The van der Waals surface area contributed by atoms with Crippen molar-refractivity contribution in [2.24, 2.45) is 5.73 Å². The molecule has 5 rings (SSSR count). The maximum absolute atomic E-state index is 15.9. The maximum atomic E-state index is 15.9. The summed E-state index contributed by atoms with van der Waals surface area (Å²) in [5.74, 6) is -2.34. The molecular weight excluding hydrogens is 608 g/mol. The molecule has 0 saturated carbocycles. The summed E-state index contributed by atoms with van der Waals surface area (Å²) >= 11 is 6.36. The summed E-state index contributed by atoms with van der Waals surface area (Å²) in [6, 6.07) is 4.47. The van der Waals surface area contributed by atoms with E-state index >= 15 is 4.39 Å². The summed E-state index contributed by atoms with van der Waals surface area (Å²) in [6.07, 6.45) is 1.63. The van der Waals surface area contributed by atoms with Crippen molar-refractivity contribution < 1.29 is 23.1 Å². The number of nitrogens with one attached hydrogen (secondary N) is 1. The normalized spacial score (nSPS) is 19.6. The number of aryl methyl sites for hydroxylation is 1. The van der Waals surface area contributed by atoms with Gasteiger partial charge in [0.1, 0.15) is 5.82 Å². The molecule has 2 aliphatic rings. The lowest BCUT2D eigenvalue weighted by atomic mass is 10.0. The number of carbonyl (C=O) groups excluding carboxylic acids is 2. The largest absolute Gasteiger partial charge is 0.396 e. The van der Waals surface area contributed by atoms with Gasteiger partial charge in [-0.25, -0.2) is 8.78 Å². The molecule has 45 heavy (non-hydrogen) atoms. The molecule has 242 valence electrons. The minimum absolute atomic E-state index is 0.0204. The number of nitrogens with zero attached hydrogens (tertiary/aromatic N) is 6. The number of ether oxygens (including phenoxy) is 1. The van der Waals surface area contributed by atoms with Crippen LogP contribution >= 0.6 is 11.6 Å². The second-order valence-electron chi connectivity index (χ2n) is 11.6. The van der Waals surface area contributed by atoms with Gasteiger partial charge in [-0.2, -0.15) is 0 Å². The predicted molar refractivity (Wildman–Crippen MR) is 168 cm³/mol. The molecule has 2 aliphatic heterocycles. The first kappa shape index (κ1) is 32.5. The minimum atomic E-state index is -0.677. The molecule has 2 aromatic carbocycles. The van der Waals surface area contributed by atoms with Gasteiger partial charge in [-0.1, -0.05) is 16.8 Å². The van der Waals surface area contributed by atoms with Crippen LogP contribution in [-0.2, 0) is 11.3 Å². The first-order valence-corrected chi connectivity index (χ1v) is 15.2. The van der Waals surface area contributed by atoms with Crippen molar-refractivity contribution in [3.63, 3.8) is 0 Å². The summed E-state index contributed by atoms with van der Waals surface area (Å²) in [6.45, 7) is 8.24. The molecule has 0 aliphatic carbocycles. The zero-order valence-corrected chi connectivity index (χ0v) is 26.3. The number of likely N-dealkylation sites (N-methyl/N-ethyl adjacent to an activating group) is 1. The number of primary amides is 1. The number of aromatic nitrogens is 3. The van der Waals surface area contributed by atoms with Crippen LogP contribution in [0.1, 0.15) is 51.4 Å². The summed E-state index contributed by atoms with van der Waals surface area (Å²) in [7, 11) is 2.04. The Labute approximate surface area is 265 Å². The Morgan fingerprint density at radius 2 is 1.93 bits per heavy atom. The molecule has 2 amide bonds. The number of hydrogen-bond donors (Lipinski definition) is 3. The highest BCUT2D eigenvalue weighted by molar-refractivity contribution is 6.35. The van der Waals surface area contributed by atoms with E-state index in [0.29, 0.717) is 69.2 Å². The number of nitrogens with two attached hydrogens (primary N) is 2. The fourth-order valence-electron chi connectivity index (χ4n) is 5.68. The molecule has 0 radical (unpaired) electrons. The molecule has 3 heterocycles. The van der Waals surface area contributed by atoms with Crippen molar-refractivity contribution in [3.05, 3.63) is 63.4 Å². The fraction of sp³-hybridized carbons (Fsp3) is 0.467. The van der Waals surface area contributed by atoms with Crippen LogP contribution in [0.25, 0.3) is 0 Å². The van der Waals surface area contributed by atoms with Crippen LogP contribution in [0.15, 0.2) is 24.4 Å². The van der Waals surface area contributed by atoms with Gasteiger partial charge < -0.3 is 31.3 Å². The zero-order chi connectivity index (χ0) is 32.4. The molecule has 12 nitrogen and oxygen atoms in total. The van der Waals surface area contributed by atoms with E-state index in [1.165, 1.54) is 25.3 Å². The smallest absolute Gasteiger partial charge is 0.270 e. The maximum Gasteiger partial charge on any atom is 0.270 e. The van der Waals surface area contributed by atoms with E-state index in [2.05, 4.69) is 32.4 Å². The molecule has 3 aromatic rings. The number of morpholine rings is 1. The number of nitrogen functional groups attached to an aromatic ring is 1. The van der Waals surface area contributed by atoms with E-state index in [9.17, 15) is 14.0 Å². The Balaban J connectivity index is 1.38. The third-order valence-corrected chi connectivity index (χ3v) is 8.99. The van der Waals surface area contributed by atoms with Gasteiger partial charge in [-0.3, -0.25) is 19.2 Å². The molecule has 15 heteroatoms. The van der Waals surface area contributed by atoms with E-state index < -0.39 is 29.6 Å². The van der Waals surface area contributed by atoms with Gasteiger partial charge in [0.15, 0.2) is 11.5 Å². The van der Waals surface area contributed by atoms with Gasteiger partial charge in [0.25, 0.3) is 11.8 Å². The number of halogens is 3. The molecule has 0 spiro atoms. The highest BCUT2D eigenvalue weighted by Crippen LogP contribution is 2.36. The predicted octanol–water partition coefficient (Wildman–Crippen LogP) is 3.06. The number of piperazine rings is 1. The standard InChI is InChI=1S/C30H38ClF2N9O3/c1-17-14-41(8-7-39(17)3)25-13-21(32)19(12-23(25)36-30(44)20-11-22(34)28(33)18(2)27(20)31)26-16-40(9-10-45-26)5-4-6-42-15-24(29(35)43)37-38-42/h11-13,15,17,26H,4-10,14,16,34H2,1-3H3,(H2,35,43)(H,36,44). The Morgan fingerprint density at radius 3 is 2.64 bits per heavy atom. The van der Waals surface area contributed by atoms with E-state index in [4.69, 9.17) is 27.8 Å². The summed E-state index contributed by atoms with van der Waals surface area (Å²) < 4.78 is 37.8. The van der Waals surface area contributed by atoms with Crippen LogP contribution < -0.4 is 21.7 Å². The van der Waals surface area contributed by atoms with Crippen molar-refractivity contribution in [2.45, 2.75) is 39.0 Å². The number of hydrogen-bond acceptors (Lipinski definition) is 9. The molecular formula is C30H38ClF2N9O3. The fourth-order valence-corrected chi connectivity index (χ4v) is 5.90. The van der Waals surface area contributed by atoms with E-state index in [-0.39, 0.29) is 33.6 Å². The Bertz CT molecular complexity index is 1590. The average molecular weight is 646 g/mol. The van der Waals surface area contributed by atoms with Gasteiger partial charge in [-0.05, 0) is 45.5 Å². The van der Waals surface area contributed by atoms with Crippen molar-refractivity contribution in [1.29, 1.82) is 0 Å². The van der Waals surface area contributed by atoms with Gasteiger partial charge in [-0.15, -0.1) is 5.10 Å². The van der Waals surface area contributed by atoms with Crippen molar-refractivity contribution in [2.75, 3.05) is 68.9 Å². The Morgan fingerprint density at radius 1 is 1.16 bits per heavy atom. The monoisotopic (exact) mass is 645 g/mol. The number of carbonyl (C=O) groups is 2. The van der Waals surface area contributed by atoms with Crippen LogP contribution in [0.2, 0.25) is 5.02 Å². The van der Waals surface area contributed by atoms with Crippen LogP contribution in [0.5, 0.6) is 0 Å². The molecule has 0 bridgehead atoms. The summed E-state index contributed by atoms with van der Waals surface area (Å²) in [5.41, 5.74) is 12.3. The van der Waals surface area contributed by atoms with Crippen LogP contribution in [0, 0.1) is 18.6 Å². The zero-order valence-electron chi connectivity index (χ0n) is 25.5. The highest BCUT2D eigenvalue weighted by atomic mass is 35.5. The molecule has 2 atom stereocenters. The third-order valence-electron chi connectivity index (χ3n) is 8.51. The Kier molecular flexibility index (Phi) is 9.87. The highest BCUT2D eigenvalue weighted by Gasteiger charge is 2.29. The van der Waals surface area contributed by atoms with Gasteiger partial charge in [0.05, 0.1) is 46.6 Å². The SMILES string of the molecule is Cc1c(F)c(N)cc(C(=O)Nc2cc(C3CN(CCCn4cc(C(N)=O)nn4)CCO3)c(F)cc2N2CCN(C)C(C)C2)c1Cl. The second-order valence-corrected chi connectivity index (χ2v) is 12.0. The van der Waals surface area contributed by atoms with E-state index in [1.54, 1.807) is 10.7 Å². The van der Waals surface area contributed by atoms with E-state index in [0.717, 1.165) is 6.54 Å². The lowest BCUT2D eigenvalue weighted by Crippen LogP contribution is -2.50. The van der Waals surface area contributed by atoms with Crippen LogP contribution in [0.3, 0.4) is 0 Å². The van der Waals surface area contributed by atoms with Crippen molar-refractivity contribution in [3.8, 4) is 0 Å². The minimum Gasteiger partial charge on any atom is -0.396 e. The average Bonchev–Trinajstić information content (AvgIpc) is 3.49. The van der Waals surface area contributed by atoms with Gasteiger partial charge in [0.2, 0.25) is 0 Å². The first-order chi connectivity index (χ1) is 21.4. The molecule has 1 aromatic heterocycles. The van der Waals surface area contributed by atoms with Crippen molar-refractivity contribution in [1.82, 2.24) is 24.8 Å². The van der Waals surface area contributed by atoms with Crippen molar-refractivity contribution >= 4 is 40.5 Å². The summed E-state index contributed by atoms with van der Waals surface area (Å²) in [4.78, 5) is 31.2. The molecule has 2 fully saturated rings. The number of rotatable bonds is 9. The summed E-state index contributed by atoms with van der Waals surface area (Å²) in [5, 5.41) is 10.5.